The number of benzene rings is 1. The first kappa shape index (κ1) is 19.1. The lowest BCUT2D eigenvalue weighted by Crippen LogP contribution is -2.33. The lowest BCUT2D eigenvalue weighted by Gasteiger charge is -2.16. The highest BCUT2D eigenvalue weighted by Crippen LogP contribution is 2.31. The molecule has 1 atom stereocenters. The molecule has 0 saturated carbocycles. The van der Waals surface area contributed by atoms with Crippen molar-refractivity contribution in [3.05, 3.63) is 27.7 Å². The van der Waals surface area contributed by atoms with Crippen LogP contribution in [0.2, 0.25) is 10.0 Å². The van der Waals surface area contributed by atoms with E-state index in [0.29, 0.717) is 17.1 Å². The maximum absolute atomic E-state index is 12.4. The van der Waals surface area contributed by atoms with Crippen molar-refractivity contribution in [1.82, 2.24) is 10.0 Å². The summed E-state index contributed by atoms with van der Waals surface area (Å²) in [6.45, 7) is 2.25. The summed E-state index contributed by atoms with van der Waals surface area (Å²) in [4.78, 5) is 0.0646. The molecule has 0 aliphatic rings. The Labute approximate surface area is 141 Å². The molecular weight excluding hydrogens is 351 g/mol. The molecule has 0 aromatic heterocycles. The maximum Gasteiger partial charge on any atom is 0.242 e. The number of hydrogen-bond donors (Lipinski definition) is 2. The Morgan fingerprint density at radius 1 is 1.33 bits per heavy atom. The second kappa shape index (κ2) is 8.60. The van der Waals surface area contributed by atoms with Gasteiger partial charge < -0.3 is 5.32 Å². The summed E-state index contributed by atoms with van der Waals surface area (Å²) >= 11 is 14.0. The summed E-state index contributed by atoms with van der Waals surface area (Å²) in [6, 6.07) is 2.84. The predicted molar refractivity (Wildman–Crippen MR) is 92.0 cm³/mol. The Kier molecular flexibility index (Phi) is 7.81. The van der Waals surface area contributed by atoms with Crippen molar-refractivity contribution in [1.29, 1.82) is 0 Å². The van der Waals surface area contributed by atoms with E-state index < -0.39 is 10.0 Å². The van der Waals surface area contributed by atoms with Crippen molar-refractivity contribution in [2.75, 3.05) is 19.1 Å². The van der Waals surface area contributed by atoms with Gasteiger partial charge in [0, 0.05) is 23.2 Å². The first-order valence-corrected chi connectivity index (χ1v) is 10.1. The molecule has 4 nitrogen and oxygen atoms in total. The molecule has 0 radical (unpaired) electrons. The van der Waals surface area contributed by atoms with Gasteiger partial charge in [0.1, 0.15) is 4.90 Å². The van der Waals surface area contributed by atoms with E-state index in [1.807, 2.05) is 13.2 Å². The van der Waals surface area contributed by atoms with Crippen molar-refractivity contribution in [3.8, 4) is 0 Å². The minimum atomic E-state index is -3.66. The van der Waals surface area contributed by atoms with E-state index in [-0.39, 0.29) is 16.0 Å². The fourth-order valence-corrected chi connectivity index (χ4v) is 4.58. The first-order chi connectivity index (χ1) is 9.83. The van der Waals surface area contributed by atoms with Gasteiger partial charge in [0.25, 0.3) is 0 Å². The number of thioether (sulfide) groups is 1. The molecule has 1 rings (SSSR count). The summed E-state index contributed by atoms with van der Waals surface area (Å²) in [5, 5.41) is 3.54. The molecule has 0 heterocycles. The lowest BCUT2D eigenvalue weighted by molar-refractivity contribution is 0.557. The van der Waals surface area contributed by atoms with Crippen molar-refractivity contribution < 1.29 is 8.42 Å². The summed E-state index contributed by atoms with van der Waals surface area (Å²) < 4.78 is 27.5. The Morgan fingerprint density at radius 3 is 2.57 bits per heavy atom. The normalized spacial score (nSPS) is 13.4. The molecular formula is C13H20Cl2N2O2S2. The topological polar surface area (TPSA) is 58.2 Å². The Balaban J connectivity index is 3.06. The number of halogens is 2. The second-order valence-electron chi connectivity index (χ2n) is 4.67. The minimum absolute atomic E-state index is 0.0646. The Hall–Kier alpha value is 0.0200. The number of rotatable bonds is 8. The van der Waals surface area contributed by atoms with E-state index >= 15 is 0 Å². The van der Waals surface area contributed by atoms with Crippen LogP contribution in [0.15, 0.2) is 17.0 Å². The predicted octanol–water partition coefficient (Wildman–Crippen LogP) is 3.13. The van der Waals surface area contributed by atoms with Crippen LogP contribution in [0.5, 0.6) is 0 Å². The minimum Gasteiger partial charge on any atom is -0.316 e. The first-order valence-electron chi connectivity index (χ1n) is 6.46. The van der Waals surface area contributed by atoms with E-state index in [1.165, 1.54) is 6.07 Å². The summed E-state index contributed by atoms with van der Waals surface area (Å²) in [5.41, 5.74) is 0.584. The van der Waals surface area contributed by atoms with Crippen LogP contribution in [0.4, 0.5) is 0 Å². The molecule has 21 heavy (non-hydrogen) atoms. The van der Waals surface area contributed by atoms with Crippen LogP contribution in [0.1, 0.15) is 18.9 Å². The van der Waals surface area contributed by atoms with Gasteiger partial charge in [-0.2, -0.15) is 11.8 Å². The number of hydrogen-bond acceptors (Lipinski definition) is 4. The van der Waals surface area contributed by atoms with Crippen LogP contribution in [0, 0.1) is 0 Å². The average molecular weight is 371 g/mol. The number of nitrogens with one attached hydrogen (secondary N) is 2. The van der Waals surface area contributed by atoms with E-state index in [0.717, 1.165) is 12.2 Å². The molecule has 0 aliphatic carbocycles. The quantitative estimate of drug-likeness (QED) is 0.737. The summed E-state index contributed by atoms with van der Waals surface area (Å²) in [7, 11) is -1.91. The largest absolute Gasteiger partial charge is 0.316 e. The molecule has 0 bridgehead atoms. The highest BCUT2D eigenvalue weighted by atomic mass is 35.5. The van der Waals surface area contributed by atoms with E-state index in [9.17, 15) is 8.42 Å². The zero-order valence-electron chi connectivity index (χ0n) is 12.2. The molecule has 0 spiro atoms. The highest BCUT2D eigenvalue weighted by Gasteiger charge is 2.23. The standard InChI is InChI=1S/C13H20Cl2N2O2S2/c1-9(6-7-20-3)17-21(18,19)12-5-4-11(14)10(8-16-2)13(12)15/h4-5,9,16-17H,6-8H2,1-3H3. The summed E-state index contributed by atoms with van der Waals surface area (Å²) in [6.07, 6.45) is 2.75. The van der Waals surface area contributed by atoms with E-state index in [1.54, 1.807) is 24.9 Å². The van der Waals surface area contributed by atoms with Crippen LogP contribution in [-0.4, -0.2) is 33.5 Å². The maximum atomic E-state index is 12.4. The molecule has 1 unspecified atom stereocenters. The zero-order valence-corrected chi connectivity index (χ0v) is 15.4. The van der Waals surface area contributed by atoms with Gasteiger partial charge in [-0.25, -0.2) is 13.1 Å². The monoisotopic (exact) mass is 370 g/mol. The molecule has 0 saturated heterocycles. The van der Waals surface area contributed by atoms with E-state index in [4.69, 9.17) is 23.2 Å². The SMILES string of the molecule is CNCc1c(Cl)ccc(S(=O)(=O)NC(C)CCSC)c1Cl. The highest BCUT2D eigenvalue weighted by molar-refractivity contribution is 7.98. The fraction of sp³-hybridized carbons (Fsp3) is 0.538. The molecule has 120 valence electrons. The van der Waals surface area contributed by atoms with Crippen molar-refractivity contribution in [2.24, 2.45) is 0 Å². The zero-order chi connectivity index (χ0) is 16.0. The van der Waals surface area contributed by atoms with Crippen LogP contribution < -0.4 is 10.0 Å². The molecule has 8 heteroatoms. The third-order valence-electron chi connectivity index (χ3n) is 2.90. The van der Waals surface area contributed by atoms with Crippen LogP contribution in [0.3, 0.4) is 0 Å². The smallest absolute Gasteiger partial charge is 0.242 e. The number of sulfonamides is 1. The molecule has 0 amide bonds. The third kappa shape index (κ3) is 5.30. The van der Waals surface area contributed by atoms with Gasteiger partial charge in [0.05, 0.1) is 5.02 Å². The fourth-order valence-electron chi connectivity index (χ4n) is 1.80. The van der Waals surface area contributed by atoms with Crippen molar-refractivity contribution >= 4 is 45.0 Å². The molecule has 2 N–H and O–H groups in total. The van der Waals surface area contributed by atoms with Crippen LogP contribution in [0.25, 0.3) is 0 Å². The van der Waals surface area contributed by atoms with Crippen LogP contribution in [-0.2, 0) is 16.6 Å². The van der Waals surface area contributed by atoms with Crippen molar-refractivity contribution in [3.63, 3.8) is 0 Å². The van der Waals surface area contributed by atoms with Gasteiger partial charge in [-0.1, -0.05) is 23.2 Å². The van der Waals surface area contributed by atoms with Gasteiger partial charge in [-0.05, 0) is 44.5 Å². The Morgan fingerprint density at radius 2 is 2.00 bits per heavy atom. The van der Waals surface area contributed by atoms with Crippen LogP contribution >= 0.6 is 35.0 Å². The lowest BCUT2D eigenvalue weighted by atomic mass is 10.2. The second-order valence-corrected chi connectivity index (χ2v) is 8.13. The molecule has 0 aliphatic heterocycles. The summed E-state index contributed by atoms with van der Waals surface area (Å²) in [5.74, 6) is 0.892. The van der Waals surface area contributed by atoms with E-state index in [2.05, 4.69) is 10.0 Å². The van der Waals surface area contributed by atoms with Gasteiger partial charge in [-0.3, -0.25) is 0 Å². The molecule has 1 aromatic carbocycles. The van der Waals surface area contributed by atoms with Gasteiger partial charge in [0.2, 0.25) is 10.0 Å². The third-order valence-corrected chi connectivity index (χ3v) is 6.08. The average Bonchev–Trinajstić information content (AvgIpc) is 2.40. The van der Waals surface area contributed by atoms with Gasteiger partial charge >= 0.3 is 0 Å². The molecule has 1 aromatic rings. The van der Waals surface area contributed by atoms with Gasteiger partial charge in [-0.15, -0.1) is 0 Å². The Bertz CT molecular complexity index is 580. The van der Waals surface area contributed by atoms with Gasteiger partial charge in [0.15, 0.2) is 0 Å². The molecule has 0 fully saturated rings. The van der Waals surface area contributed by atoms with Crippen molar-refractivity contribution in [2.45, 2.75) is 30.8 Å².